The van der Waals surface area contributed by atoms with Gasteiger partial charge in [-0.2, -0.15) is 0 Å². The highest BCUT2D eigenvalue weighted by Crippen LogP contribution is 2.18. The predicted octanol–water partition coefficient (Wildman–Crippen LogP) is 0.291. The summed E-state index contributed by atoms with van der Waals surface area (Å²) in [6, 6.07) is 0.0507. The first-order valence-corrected chi connectivity index (χ1v) is 5.64. The molecule has 1 amide bonds. The number of ether oxygens (including phenoxy) is 1. The molecule has 2 atom stereocenters. The molecule has 1 aromatic rings. The summed E-state index contributed by atoms with van der Waals surface area (Å²) in [6.07, 6.45) is 0.840. The summed E-state index contributed by atoms with van der Waals surface area (Å²) < 4.78 is 9.97. The molecule has 1 aliphatic rings. The van der Waals surface area contributed by atoms with E-state index in [-0.39, 0.29) is 29.6 Å². The summed E-state index contributed by atoms with van der Waals surface area (Å²) in [5.74, 6) is -0.213. The van der Waals surface area contributed by atoms with Gasteiger partial charge in [0.1, 0.15) is 0 Å². The minimum absolute atomic E-state index is 0.0165. The average Bonchev–Trinajstić information content (AvgIpc) is 2.74. The van der Waals surface area contributed by atoms with Gasteiger partial charge in [0.25, 0.3) is 5.91 Å². The molecule has 17 heavy (non-hydrogen) atoms. The molecule has 1 saturated heterocycles. The number of carbonyl (C=O) groups is 1. The molecule has 0 radical (unpaired) electrons. The second-order valence-electron chi connectivity index (χ2n) is 4.16. The van der Waals surface area contributed by atoms with Gasteiger partial charge in [-0.1, -0.05) is 6.92 Å². The first-order chi connectivity index (χ1) is 8.13. The number of hydrogen-bond acceptors (Lipinski definition) is 6. The van der Waals surface area contributed by atoms with E-state index in [1.54, 1.807) is 4.90 Å². The number of anilines is 1. The van der Waals surface area contributed by atoms with Gasteiger partial charge in [0.2, 0.25) is 11.5 Å². The minimum Gasteiger partial charge on any atom is -0.379 e. The fourth-order valence-electron chi connectivity index (χ4n) is 1.91. The van der Waals surface area contributed by atoms with E-state index in [4.69, 9.17) is 10.5 Å². The molecule has 0 aromatic carbocycles. The van der Waals surface area contributed by atoms with Crippen LogP contribution in [0.5, 0.6) is 0 Å². The topological polar surface area (TPSA) is 94.5 Å². The minimum atomic E-state index is -0.245. The summed E-state index contributed by atoms with van der Waals surface area (Å²) in [7, 11) is 0. The smallest absolute Gasteiger partial charge is 0.280 e. The van der Waals surface area contributed by atoms with E-state index in [9.17, 15) is 4.79 Å². The highest BCUT2D eigenvalue weighted by Gasteiger charge is 2.32. The standard InChI is InChI=1S/C10H16N4O3/c1-3-7-5-16-6(2)4-14(7)10(15)8-9(11)13-17-12-8/h6-7H,3-5H2,1-2H3,(H2,11,13). The maximum Gasteiger partial charge on any atom is 0.280 e. The molecule has 0 aliphatic carbocycles. The second-order valence-corrected chi connectivity index (χ2v) is 4.16. The molecule has 7 heteroatoms. The van der Waals surface area contributed by atoms with Gasteiger partial charge in [-0.15, -0.1) is 0 Å². The van der Waals surface area contributed by atoms with E-state index in [1.165, 1.54) is 0 Å². The van der Waals surface area contributed by atoms with E-state index >= 15 is 0 Å². The lowest BCUT2D eigenvalue weighted by Gasteiger charge is -2.37. The first-order valence-electron chi connectivity index (χ1n) is 5.64. The second kappa shape index (κ2) is 4.70. The lowest BCUT2D eigenvalue weighted by atomic mass is 10.1. The Morgan fingerprint density at radius 1 is 1.59 bits per heavy atom. The molecule has 0 saturated carbocycles. The molecular weight excluding hydrogens is 224 g/mol. The van der Waals surface area contributed by atoms with Crippen molar-refractivity contribution in [1.29, 1.82) is 0 Å². The lowest BCUT2D eigenvalue weighted by Crippen LogP contribution is -2.51. The van der Waals surface area contributed by atoms with Crippen molar-refractivity contribution < 1.29 is 14.2 Å². The summed E-state index contributed by atoms with van der Waals surface area (Å²) in [5.41, 5.74) is 5.60. The molecular formula is C10H16N4O3. The highest BCUT2D eigenvalue weighted by molar-refractivity contribution is 5.96. The van der Waals surface area contributed by atoms with E-state index < -0.39 is 0 Å². The van der Waals surface area contributed by atoms with Crippen molar-refractivity contribution in [1.82, 2.24) is 15.2 Å². The van der Waals surface area contributed by atoms with Gasteiger partial charge in [0.05, 0.1) is 18.8 Å². The number of amides is 1. The van der Waals surface area contributed by atoms with Crippen LogP contribution in [0, 0.1) is 0 Å². The molecule has 94 valence electrons. The third-order valence-electron chi connectivity index (χ3n) is 2.92. The highest BCUT2D eigenvalue weighted by atomic mass is 16.6. The Morgan fingerprint density at radius 2 is 2.35 bits per heavy atom. The molecule has 7 nitrogen and oxygen atoms in total. The Labute approximate surface area is 98.9 Å². The van der Waals surface area contributed by atoms with Gasteiger partial charge in [0, 0.05) is 6.54 Å². The Bertz CT molecular complexity index is 406. The van der Waals surface area contributed by atoms with Gasteiger partial charge < -0.3 is 15.4 Å². The van der Waals surface area contributed by atoms with Crippen LogP contribution in [0.3, 0.4) is 0 Å². The van der Waals surface area contributed by atoms with E-state index in [0.717, 1.165) is 6.42 Å². The quantitative estimate of drug-likeness (QED) is 0.798. The number of morpholine rings is 1. The SMILES string of the molecule is CCC1COC(C)CN1C(=O)c1nonc1N. The summed E-state index contributed by atoms with van der Waals surface area (Å²) in [4.78, 5) is 14.0. The molecule has 1 fully saturated rings. The number of hydrogen-bond donors (Lipinski definition) is 1. The zero-order valence-corrected chi connectivity index (χ0v) is 9.92. The van der Waals surface area contributed by atoms with Crippen molar-refractivity contribution in [3.05, 3.63) is 5.69 Å². The van der Waals surface area contributed by atoms with Crippen molar-refractivity contribution in [3.8, 4) is 0 Å². The molecule has 2 N–H and O–H groups in total. The van der Waals surface area contributed by atoms with Gasteiger partial charge in [-0.05, 0) is 23.7 Å². The van der Waals surface area contributed by atoms with Gasteiger partial charge in [-0.3, -0.25) is 4.79 Å². The normalized spacial score (nSPS) is 24.9. The van der Waals surface area contributed by atoms with Crippen LogP contribution in [0.25, 0.3) is 0 Å². The van der Waals surface area contributed by atoms with E-state index in [2.05, 4.69) is 14.9 Å². The van der Waals surface area contributed by atoms with Gasteiger partial charge in [0.15, 0.2) is 0 Å². The molecule has 0 bridgehead atoms. The van der Waals surface area contributed by atoms with Crippen molar-refractivity contribution in [2.24, 2.45) is 0 Å². The molecule has 0 spiro atoms. The maximum atomic E-state index is 12.2. The fourth-order valence-corrected chi connectivity index (χ4v) is 1.91. The van der Waals surface area contributed by atoms with Crippen LogP contribution in [0.1, 0.15) is 30.8 Å². The van der Waals surface area contributed by atoms with Crippen molar-refractivity contribution >= 4 is 11.7 Å². The summed E-state index contributed by atoms with van der Waals surface area (Å²) in [5, 5.41) is 6.96. The Hall–Kier alpha value is -1.63. The van der Waals surface area contributed by atoms with Gasteiger partial charge >= 0.3 is 0 Å². The van der Waals surface area contributed by atoms with E-state index in [1.807, 2.05) is 13.8 Å². The van der Waals surface area contributed by atoms with Crippen molar-refractivity contribution in [3.63, 3.8) is 0 Å². The molecule has 1 aliphatic heterocycles. The van der Waals surface area contributed by atoms with Crippen LogP contribution in [-0.4, -0.2) is 46.4 Å². The predicted molar refractivity (Wildman–Crippen MR) is 59.2 cm³/mol. The van der Waals surface area contributed by atoms with Crippen LogP contribution < -0.4 is 5.73 Å². The number of carbonyl (C=O) groups excluding carboxylic acids is 1. The maximum absolute atomic E-state index is 12.2. The van der Waals surface area contributed by atoms with Crippen LogP contribution >= 0.6 is 0 Å². The average molecular weight is 240 g/mol. The van der Waals surface area contributed by atoms with Crippen LogP contribution in [0.2, 0.25) is 0 Å². The molecule has 2 unspecified atom stereocenters. The van der Waals surface area contributed by atoms with Crippen LogP contribution in [0.15, 0.2) is 4.63 Å². The fraction of sp³-hybridized carbons (Fsp3) is 0.700. The molecule has 1 aromatic heterocycles. The molecule has 2 rings (SSSR count). The van der Waals surface area contributed by atoms with E-state index in [0.29, 0.717) is 13.2 Å². The first kappa shape index (κ1) is 11.8. The zero-order chi connectivity index (χ0) is 12.4. The lowest BCUT2D eigenvalue weighted by molar-refractivity contribution is -0.0446. The van der Waals surface area contributed by atoms with Gasteiger partial charge in [-0.25, -0.2) is 4.63 Å². The van der Waals surface area contributed by atoms with Crippen molar-refractivity contribution in [2.75, 3.05) is 18.9 Å². The largest absolute Gasteiger partial charge is 0.379 e. The van der Waals surface area contributed by atoms with Crippen LogP contribution in [0.4, 0.5) is 5.82 Å². The monoisotopic (exact) mass is 240 g/mol. The summed E-state index contributed by atoms with van der Waals surface area (Å²) >= 11 is 0. The number of aromatic nitrogens is 2. The van der Waals surface area contributed by atoms with Crippen LogP contribution in [-0.2, 0) is 4.74 Å². The number of rotatable bonds is 2. The Kier molecular flexibility index (Phi) is 3.28. The number of nitrogen functional groups attached to an aromatic ring is 1. The third kappa shape index (κ3) is 2.23. The number of nitrogens with zero attached hydrogens (tertiary/aromatic N) is 3. The molecule has 2 heterocycles. The zero-order valence-electron chi connectivity index (χ0n) is 9.92. The third-order valence-corrected chi connectivity index (χ3v) is 2.92. The van der Waals surface area contributed by atoms with Crippen molar-refractivity contribution in [2.45, 2.75) is 32.4 Å². The Morgan fingerprint density at radius 3 is 2.94 bits per heavy atom. The summed E-state index contributed by atoms with van der Waals surface area (Å²) in [6.45, 7) is 5.00. The number of nitrogens with two attached hydrogens (primary N) is 1. The Balaban J connectivity index is 2.19.